The Balaban J connectivity index is 2.03. The van der Waals surface area contributed by atoms with Gasteiger partial charge in [-0.15, -0.1) is 0 Å². The molecule has 7 heteroatoms. The van der Waals surface area contributed by atoms with E-state index in [0.717, 1.165) is 15.8 Å². The molecule has 0 spiro atoms. The number of rotatable bonds is 4. The van der Waals surface area contributed by atoms with Crippen LogP contribution < -0.4 is 9.47 Å². The quantitative estimate of drug-likeness (QED) is 0.676. The van der Waals surface area contributed by atoms with Crippen LogP contribution in [0.3, 0.4) is 0 Å². The monoisotopic (exact) mass is 333 g/mol. The van der Waals surface area contributed by atoms with Crippen molar-refractivity contribution in [3.05, 3.63) is 41.6 Å². The van der Waals surface area contributed by atoms with Crippen LogP contribution in [0.1, 0.15) is 0 Å². The molecule has 112 valence electrons. The number of hydrogen-bond acceptors (Lipinski definition) is 6. The molecule has 0 saturated carbocycles. The molecule has 0 amide bonds. The lowest BCUT2D eigenvalue weighted by atomic mass is 10.2. The van der Waals surface area contributed by atoms with Gasteiger partial charge in [-0.1, -0.05) is 17.7 Å². The Bertz CT molecular complexity index is 807. The van der Waals surface area contributed by atoms with E-state index in [0.29, 0.717) is 21.9 Å². The van der Waals surface area contributed by atoms with Crippen molar-refractivity contribution in [2.45, 2.75) is 10.1 Å². The average molecular weight is 334 g/mol. The van der Waals surface area contributed by atoms with E-state index in [9.17, 15) is 0 Å². The molecule has 0 saturated heterocycles. The predicted octanol–water partition coefficient (Wildman–Crippen LogP) is 3.85. The van der Waals surface area contributed by atoms with Crippen molar-refractivity contribution in [1.82, 2.24) is 15.0 Å². The number of nitrogens with zero attached hydrogens (tertiary/aromatic N) is 3. The van der Waals surface area contributed by atoms with Crippen molar-refractivity contribution in [2.24, 2.45) is 0 Å². The van der Waals surface area contributed by atoms with Gasteiger partial charge in [0.2, 0.25) is 11.8 Å². The number of aromatic nitrogens is 3. The molecule has 2 heterocycles. The molecule has 0 radical (unpaired) electrons. The number of methoxy groups -OCH3 is 2. The van der Waals surface area contributed by atoms with Gasteiger partial charge in [-0.2, -0.15) is 9.97 Å². The highest BCUT2D eigenvalue weighted by molar-refractivity contribution is 7.99. The second kappa shape index (κ2) is 6.37. The van der Waals surface area contributed by atoms with E-state index in [1.807, 2.05) is 24.3 Å². The molecular weight excluding hydrogens is 322 g/mol. The van der Waals surface area contributed by atoms with E-state index in [4.69, 9.17) is 21.1 Å². The molecule has 22 heavy (non-hydrogen) atoms. The summed E-state index contributed by atoms with van der Waals surface area (Å²) in [5.74, 6) is 0.909. The lowest BCUT2D eigenvalue weighted by Gasteiger charge is -2.07. The fourth-order valence-corrected chi connectivity index (χ4v) is 2.97. The second-order valence-corrected chi connectivity index (χ2v) is 5.75. The van der Waals surface area contributed by atoms with Crippen LogP contribution in [0.25, 0.3) is 10.9 Å². The standard InChI is InChI=1S/C15H12ClN3O2S/c1-20-13-8-14(21-2)19-15(18-13)22-12-5-6-17-11-7-9(16)3-4-10(11)12/h3-8H,1-2H3. The van der Waals surface area contributed by atoms with Crippen LogP contribution in [0.15, 0.2) is 46.6 Å². The molecule has 0 aliphatic carbocycles. The van der Waals surface area contributed by atoms with Gasteiger partial charge >= 0.3 is 0 Å². The Labute approximate surface area is 136 Å². The highest BCUT2D eigenvalue weighted by Crippen LogP contribution is 2.33. The van der Waals surface area contributed by atoms with E-state index in [1.165, 1.54) is 11.8 Å². The van der Waals surface area contributed by atoms with Crippen molar-refractivity contribution >= 4 is 34.3 Å². The van der Waals surface area contributed by atoms with E-state index in [-0.39, 0.29) is 0 Å². The molecule has 0 bridgehead atoms. The molecule has 0 aliphatic heterocycles. The first kappa shape index (κ1) is 14.9. The third kappa shape index (κ3) is 3.08. The van der Waals surface area contributed by atoms with Gasteiger partial charge in [0.25, 0.3) is 0 Å². The molecule has 3 rings (SSSR count). The van der Waals surface area contributed by atoms with Gasteiger partial charge < -0.3 is 9.47 Å². The highest BCUT2D eigenvalue weighted by atomic mass is 35.5. The summed E-state index contributed by atoms with van der Waals surface area (Å²) in [6, 6.07) is 9.14. The maximum Gasteiger partial charge on any atom is 0.220 e. The van der Waals surface area contributed by atoms with Crippen LogP contribution >= 0.6 is 23.4 Å². The smallest absolute Gasteiger partial charge is 0.220 e. The van der Waals surface area contributed by atoms with Gasteiger partial charge in [0.1, 0.15) is 0 Å². The largest absolute Gasteiger partial charge is 0.481 e. The van der Waals surface area contributed by atoms with Crippen molar-refractivity contribution in [3.8, 4) is 11.8 Å². The number of benzene rings is 1. The summed E-state index contributed by atoms with van der Waals surface area (Å²) in [6.07, 6.45) is 1.73. The van der Waals surface area contributed by atoms with Crippen molar-refractivity contribution in [1.29, 1.82) is 0 Å². The zero-order chi connectivity index (χ0) is 15.5. The van der Waals surface area contributed by atoms with E-state index in [2.05, 4.69) is 15.0 Å². The number of halogens is 1. The van der Waals surface area contributed by atoms with Gasteiger partial charge in [0.05, 0.1) is 25.8 Å². The first-order valence-electron chi connectivity index (χ1n) is 6.39. The number of fused-ring (bicyclic) bond motifs is 1. The lowest BCUT2D eigenvalue weighted by molar-refractivity contribution is 0.364. The van der Waals surface area contributed by atoms with E-state index >= 15 is 0 Å². The Morgan fingerprint density at radius 1 is 1.00 bits per heavy atom. The number of hydrogen-bond donors (Lipinski definition) is 0. The molecular formula is C15H12ClN3O2S. The molecule has 0 atom stereocenters. The molecule has 0 fully saturated rings. The van der Waals surface area contributed by atoms with E-state index in [1.54, 1.807) is 26.5 Å². The Hall–Kier alpha value is -2.05. The third-order valence-corrected chi connectivity index (χ3v) is 4.12. The van der Waals surface area contributed by atoms with Crippen LogP contribution in [0.5, 0.6) is 11.8 Å². The summed E-state index contributed by atoms with van der Waals surface area (Å²) in [4.78, 5) is 14.0. The Morgan fingerprint density at radius 3 is 2.41 bits per heavy atom. The molecule has 0 unspecified atom stereocenters. The zero-order valence-electron chi connectivity index (χ0n) is 11.9. The Morgan fingerprint density at radius 2 is 1.73 bits per heavy atom. The van der Waals surface area contributed by atoms with E-state index < -0.39 is 0 Å². The van der Waals surface area contributed by atoms with Crippen LogP contribution in [0.2, 0.25) is 5.02 Å². The topological polar surface area (TPSA) is 57.1 Å². The van der Waals surface area contributed by atoms with Crippen LogP contribution in [-0.4, -0.2) is 29.2 Å². The SMILES string of the molecule is COc1cc(OC)nc(Sc2ccnc3cc(Cl)ccc23)n1. The van der Waals surface area contributed by atoms with Gasteiger partial charge in [0.15, 0.2) is 5.16 Å². The average Bonchev–Trinajstić information content (AvgIpc) is 2.54. The molecule has 2 aromatic heterocycles. The minimum atomic E-state index is 0.454. The summed E-state index contributed by atoms with van der Waals surface area (Å²) in [5.41, 5.74) is 0.826. The first-order valence-corrected chi connectivity index (χ1v) is 7.58. The molecule has 3 aromatic rings. The fraction of sp³-hybridized carbons (Fsp3) is 0.133. The van der Waals surface area contributed by atoms with Gasteiger partial charge in [-0.05, 0) is 30.0 Å². The second-order valence-electron chi connectivity index (χ2n) is 4.31. The van der Waals surface area contributed by atoms with Crippen molar-refractivity contribution in [3.63, 3.8) is 0 Å². The third-order valence-electron chi connectivity index (χ3n) is 2.94. The summed E-state index contributed by atoms with van der Waals surface area (Å²) in [7, 11) is 3.11. The summed E-state index contributed by atoms with van der Waals surface area (Å²) < 4.78 is 10.3. The predicted molar refractivity (Wildman–Crippen MR) is 86.0 cm³/mol. The maximum absolute atomic E-state index is 6.01. The van der Waals surface area contributed by atoms with Gasteiger partial charge in [0, 0.05) is 21.5 Å². The minimum absolute atomic E-state index is 0.454. The molecule has 0 N–H and O–H groups in total. The summed E-state index contributed by atoms with van der Waals surface area (Å²) in [5, 5.41) is 2.18. The van der Waals surface area contributed by atoms with Crippen molar-refractivity contribution in [2.75, 3.05) is 14.2 Å². The van der Waals surface area contributed by atoms with Crippen LogP contribution in [0, 0.1) is 0 Å². The van der Waals surface area contributed by atoms with Crippen molar-refractivity contribution < 1.29 is 9.47 Å². The molecule has 1 aromatic carbocycles. The number of ether oxygens (including phenoxy) is 2. The highest BCUT2D eigenvalue weighted by Gasteiger charge is 2.10. The normalized spacial score (nSPS) is 10.7. The number of pyridine rings is 1. The summed E-state index contributed by atoms with van der Waals surface area (Å²) >= 11 is 7.42. The minimum Gasteiger partial charge on any atom is -0.481 e. The molecule has 0 aliphatic rings. The first-order chi connectivity index (χ1) is 10.7. The van der Waals surface area contributed by atoms with Crippen LogP contribution in [0.4, 0.5) is 0 Å². The summed E-state index contributed by atoms with van der Waals surface area (Å²) in [6.45, 7) is 0. The molecule has 5 nitrogen and oxygen atoms in total. The lowest BCUT2D eigenvalue weighted by Crippen LogP contribution is -1.96. The zero-order valence-corrected chi connectivity index (χ0v) is 13.5. The Kier molecular flexibility index (Phi) is 4.31. The fourth-order valence-electron chi connectivity index (χ4n) is 1.92. The van der Waals surface area contributed by atoms with Gasteiger partial charge in [-0.3, -0.25) is 4.98 Å². The van der Waals surface area contributed by atoms with Gasteiger partial charge in [-0.25, -0.2) is 0 Å². The maximum atomic E-state index is 6.01. The van der Waals surface area contributed by atoms with Crippen LogP contribution in [-0.2, 0) is 0 Å².